The van der Waals surface area contributed by atoms with Crippen LogP contribution in [0.1, 0.15) is 19.4 Å². The van der Waals surface area contributed by atoms with E-state index in [4.69, 9.17) is 4.74 Å². The number of aliphatic hydroxyl groups is 1. The molecule has 1 aromatic rings. The van der Waals surface area contributed by atoms with Crippen LogP contribution in [0.2, 0.25) is 0 Å². The van der Waals surface area contributed by atoms with Crippen molar-refractivity contribution in [2.45, 2.75) is 32.7 Å². The fraction of sp³-hybridized carbons (Fsp3) is 0.588. The Balaban J connectivity index is 1.74. The van der Waals surface area contributed by atoms with E-state index in [1.165, 1.54) is 0 Å². The third-order valence-corrected chi connectivity index (χ3v) is 3.90. The molecule has 1 heterocycles. The van der Waals surface area contributed by atoms with Crippen molar-refractivity contribution >= 4 is 5.91 Å². The van der Waals surface area contributed by atoms with E-state index in [9.17, 15) is 9.90 Å². The molecule has 0 aromatic heterocycles. The maximum atomic E-state index is 12.4. The quantitative estimate of drug-likeness (QED) is 0.856. The minimum Gasteiger partial charge on any atom is -0.392 e. The van der Waals surface area contributed by atoms with Crippen LogP contribution in [-0.2, 0) is 16.1 Å². The molecule has 0 bridgehead atoms. The van der Waals surface area contributed by atoms with Gasteiger partial charge in [-0.05, 0) is 19.4 Å². The van der Waals surface area contributed by atoms with Crippen molar-refractivity contribution < 1.29 is 14.6 Å². The summed E-state index contributed by atoms with van der Waals surface area (Å²) in [6.07, 6.45) is -0.751. The molecule has 2 atom stereocenters. The Bertz CT molecular complexity index is 456. The lowest BCUT2D eigenvalue weighted by Gasteiger charge is -2.36. The summed E-state index contributed by atoms with van der Waals surface area (Å²) < 4.78 is 5.69. The van der Waals surface area contributed by atoms with Gasteiger partial charge in [0.15, 0.2) is 0 Å². The van der Waals surface area contributed by atoms with E-state index in [2.05, 4.69) is 4.90 Å². The third-order valence-electron chi connectivity index (χ3n) is 3.90. The Hall–Kier alpha value is -1.43. The second kappa shape index (κ2) is 8.27. The number of ether oxygens (including phenoxy) is 1. The van der Waals surface area contributed by atoms with Gasteiger partial charge in [-0.2, -0.15) is 0 Å². The summed E-state index contributed by atoms with van der Waals surface area (Å²) in [4.78, 5) is 16.4. The summed E-state index contributed by atoms with van der Waals surface area (Å²) in [5, 5.41) is 9.40. The van der Waals surface area contributed by atoms with E-state index in [-0.39, 0.29) is 12.0 Å². The van der Waals surface area contributed by atoms with Crippen LogP contribution < -0.4 is 0 Å². The van der Waals surface area contributed by atoms with E-state index in [1.807, 2.05) is 42.2 Å². The molecule has 1 aliphatic heterocycles. The highest BCUT2D eigenvalue weighted by Gasteiger charge is 2.25. The van der Waals surface area contributed by atoms with Crippen molar-refractivity contribution in [3.8, 4) is 0 Å². The molecule has 1 amide bonds. The molecule has 1 N–H and O–H groups in total. The Morgan fingerprint density at radius 1 is 1.18 bits per heavy atom. The zero-order valence-electron chi connectivity index (χ0n) is 13.4. The smallest absolute Gasteiger partial charge is 0.251 e. The van der Waals surface area contributed by atoms with Gasteiger partial charge < -0.3 is 14.7 Å². The lowest BCUT2D eigenvalue weighted by molar-refractivity contribution is -0.145. The van der Waals surface area contributed by atoms with Crippen molar-refractivity contribution in [2.24, 2.45) is 0 Å². The minimum atomic E-state index is -0.427. The third kappa shape index (κ3) is 5.09. The number of carbonyl (C=O) groups is 1. The number of rotatable bonds is 6. The summed E-state index contributed by atoms with van der Waals surface area (Å²) in [6, 6.07) is 9.88. The average Bonchev–Trinajstić information content (AvgIpc) is 2.53. The molecule has 1 saturated heterocycles. The molecule has 0 spiro atoms. The Morgan fingerprint density at radius 3 is 2.41 bits per heavy atom. The van der Waals surface area contributed by atoms with Crippen LogP contribution in [0.5, 0.6) is 0 Å². The molecule has 0 saturated carbocycles. The number of nitrogens with zero attached hydrogens (tertiary/aromatic N) is 2. The summed E-state index contributed by atoms with van der Waals surface area (Å²) in [5.41, 5.74) is 1.07. The van der Waals surface area contributed by atoms with E-state index in [1.54, 1.807) is 6.92 Å². The van der Waals surface area contributed by atoms with Crippen LogP contribution in [0, 0.1) is 0 Å². The first-order chi connectivity index (χ1) is 10.6. The molecule has 2 rings (SSSR count). The molecule has 122 valence electrons. The fourth-order valence-electron chi connectivity index (χ4n) is 2.65. The van der Waals surface area contributed by atoms with Gasteiger partial charge in [0.25, 0.3) is 5.91 Å². The van der Waals surface area contributed by atoms with Gasteiger partial charge >= 0.3 is 0 Å². The standard InChI is InChI=1S/C17H26N2O3/c1-14(20)12-18-8-10-19(11-9-18)17(21)15(2)22-13-16-6-4-3-5-7-16/h3-7,14-15,20H,8-13H2,1-2H3/t14-,15+/m0/s1. The first-order valence-corrected chi connectivity index (χ1v) is 7.91. The van der Waals surface area contributed by atoms with Gasteiger partial charge in [-0.15, -0.1) is 0 Å². The Labute approximate surface area is 132 Å². The Morgan fingerprint density at radius 2 is 1.82 bits per heavy atom. The second-order valence-corrected chi connectivity index (χ2v) is 5.91. The normalized spacial score (nSPS) is 19.0. The SMILES string of the molecule is C[C@H](O)CN1CCN(C(=O)[C@@H](C)OCc2ccccc2)CC1. The van der Waals surface area contributed by atoms with Gasteiger partial charge in [0.1, 0.15) is 6.10 Å². The highest BCUT2D eigenvalue weighted by atomic mass is 16.5. The zero-order valence-corrected chi connectivity index (χ0v) is 13.4. The van der Waals surface area contributed by atoms with Gasteiger partial charge in [-0.3, -0.25) is 9.69 Å². The number of amides is 1. The van der Waals surface area contributed by atoms with Crippen molar-refractivity contribution in [1.82, 2.24) is 9.80 Å². The largest absolute Gasteiger partial charge is 0.392 e. The predicted octanol–water partition coefficient (Wildman–Crippen LogP) is 1.12. The van der Waals surface area contributed by atoms with Crippen LogP contribution in [-0.4, -0.2) is 65.7 Å². The van der Waals surface area contributed by atoms with Gasteiger partial charge in [0, 0.05) is 32.7 Å². The number of carbonyl (C=O) groups excluding carboxylic acids is 1. The van der Waals surface area contributed by atoms with E-state index in [0.29, 0.717) is 26.2 Å². The number of hydrogen-bond donors (Lipinski definition) is 1. The molecule has 5 heteroatoms. The molecular weight excluding hydrogens is 280 g/mol. The van der Waals surface area contributed by atoms with Gasteiger partial charge in [0.05, 0.1) is 12.7 Å². The second-order valence-electron chi connectivity index (χ2n) is 5.91. The molecule has 0 unspecified atom stereocenters. The summed E-state index contributed by atoms with van der Waals surface area (Å²) in [5.74, 6) is 0.0487. The highest BCUT2D eigenvalue weighted by molar-refractivity contribution is 5.80. The van der Waals surface area contributed by atoms with Crippen LogP contribution in [0.4, 0.5) is 0 Å². The zero-order chi connectivity index (χ0) is 15.9. The maximum Gasteiger partial charge on any atom is 0.251 e. The minimum absolute atomic E-state index is 0.0487. The van der Waals surface area contributed by atoms with Crippen molar-refractivity contribution in [3.63, 3.8) is 0 Å². The monoisotopic (exact) mass is 306 g/mol. The van der Waals surface area contributed by atoms with Crippen LogP contribution >= 0.6 is 0 Å². The van der Waals surface area contributed by atoms with E-state index < -0.39 is 6.10 Å². The number of hydrogen-bond acceptors (Lipinski definition) is 4. The number of aliphatic hydroxyl groups excluding tert-OH is 1. The van der Waals surface area contributed by atoms with Crippen LogP contribution in [0.3, 0.4) is 0 Å². The van der Waals surface area contributed by atoms with Gasteiger partial charge in [-0.25, -0.2) is 0 Å². The summed E-state index contributed by atoms with van der Waals surface area (Å²) in [6.45, 7) is 7.74. The molecule has 1 fully saturated rings. The summed E-state index contributed by atoms with van der Waals surface area (Å²) in [7, 11) is 0. The predicted molar refractivity (Wildman–Crippen MR) is 85.4 cm³/mol. The molecular formula is C17H26N2O3. The molecule has 1 aliphatic rings. The molecule has 0 radical (unpaired) electrons. The lowest BCUT2D eigenvalue weighted by atomic mass is 10.2. The van der Waals surface area contributed by atoms with Gasteiger partial charge in [0.2, 0.25) is 0 Å². The van der Waals surface area contributed by atoms with Crippen molar-refractivity contribution in [2.75, 3.05) is 32.7 Å². The molecule has 22 heavy (non-hydrogen) atoms. The first kappa shape index (κ1) is 16.9. The molecule has 0 aliphatic carbocycles. The average molecular weight is 306 g/mol. The van der Waals surface area contributed by atoms with Crippen LogP contribution in [0.25, 0.3) is 0 Å². The topological polar surface area (TPSA) is 53.0 Å². The maximum absolute atomic E-state index is 12.4. The van der Waals surface area contributed by atoms with Gasteiger partial charge in [-0.1, -0.05) is 30.3 Å². The van der Waals surface area contributed by atoms with Crippen LogP contribution in [0.15, 0.2) is 30.3 Å². The Kier molecular flexibility index (Phi) is 6.36. The summed E-state index contributed by atoms with van der Waals surface area (Å²) >= 11 is 0. The number of piperazine rings is 1. The van der Waals surface area contributed by atoms with E-state index >= 15 is 0 Å². The molecule has 1 aromatic carbocycles. The van der Waals surface area contributed by atoms with E-state index in [0.717, 1.165) is 18.7 Å². The highest BCUT2D eigenvalue weighted by Crippen LogP contribution is 2.09. The number of benzene rings is 1. The van der Waals surface area contributed by atoms with Crippen molar-refractivity contribution in [3.05, 3.63) is 35.9 Å². The number of β-amino-alcohol motifs (C(OH)–C–C–N with tert-alkyl or cyclic N) is 1. The lowest BCUT2D eigenvalue weighted by Crippen LogP contribution is -2.52. The first-order valence-electron chi connectivity index (χ1n) is 7.91. The fourth-order valence-corrected chi connectivity index (χ4v) is 2.65. The van der Waals surface area contributed by atoms with Crippen molar-refractivity contribution in [1.29, 1.82) is 0 Å². The molecule has 5 nitrogen and oxygen atoms in total.